The Morgan fingerprint density at radius 1 is 1.05 bits per heavy atom. The Kier molecular flexibility index (Phi) is 5.84. The summed E-state index contributed by atoms with van der Waals surface area (Å²) in [4.78, 5) is 0. The third-order valence-electron chi connectivity index (χ3n) is 3.23. The van der Waals surface area contributed by atoms with Crippen molar-refractivity contribution >= 4 is 10.8 Å². The summed E-state index contributed by atoms with van der Waals surface area (Å²) >= 11 is 0. The van der Waals surface area contributed by atoms with Gasteiger partial charge < -0.3 is 14.8 Å². The summed E-state index contributed by atoms with van der Waals surface area (Å²) in [6.45, 7) is 6.92. The van der Waals surface area contributed by atoms with E-state index < -0.39 is 0 Å². The molecule has 20 heavy (non-hydrogen) atoms. The second-order valence-electron chi connectivity index (χ2n) is 4.70. The van der Waals surface area contributed by atoms with Crippen LogP contribution in [0.5, 0.6) is 5.75 Å². The summed E-state index contributed by atoms with van der Waals surface area (Å²) < 4.78 is 11.0. The van der Waals surface area contributed by atoms with Gasteiger partial charge in [0.05, 0.1) is 0 Å². The molecular formula is C17H23NO2. The standard InChI is InChI=1S/C17H23NO2/c1-3-11-18-12-16-15-8-6-5-7-14(15)9-10-17(16)20-13-19-4-2/h5-10,18H,3-4,11-13H2,1-2H3. The molecule has 2 rings (SSSR count). The number of hydrogen-bond acceptors (Lipinski definition) is 3. The first-order chi connectivity index (χ1) is 9.86. The molecule has 0 heterocycles. The fourth-order valence-electron chi connectivity index (χ4n) is 2.21. The second kappa shape index (κ2) is 7.88. The smallest absolute Gasteiger partial charge is 0.189 e. The van der Waals surface area contributed by atoms with Gasteiger partial charge in [0.25, 0.3) is 0 Å². The van der Waals surface area contributed by atoms with E-state index in [1.54, 1.807) is 0 Å². The van der Waals surface area contributed by atoms with Crippen molar-refractivity contribution in [3.63, 3.8) is 0 Å². The van der Waals surface area contributed by atoms with Crippen LogP contribution in [-0.2, 0) is 11.3 Å². The first-order valence-corrected chi connectivity index (χ1v) is 7.28. The maximum absolute atomic E-state index is 5.75. The highest BCUT2D eigenvalue weighted by atomic mass is 16.7. The van der Waals surface area contributed by atoms with Gasteiger partial charge in [-0.1, -0.05) is 37.3 Å². The van der Waals surface area contributed by atoms with Crippen LogP contribution >= 0.6 is 0 Å². The molecule has 2 aromatic rings. The molecule has 0 bridgehead atoms. The minimum Gasteiger partial charge on any atom is -0.467 e. The predicted molar refractivity (Wildman–Crippen MR) is 83.1 cm³/mol. The van der Waals surface area contributed by atoms with Gasteiger partial charge in [0.2, 0.25) is 0 Å². The monoisotopic (exact) mass is 273 g/mol. The topological polar surface area (TPSA) is 30.5 Å². The number of nitrogens with one attached hydrogen (secondary N) is 1. The minimum absolute atomic E-state index is 0.301. The van der Waals surface area contributed by atoms with E-state index in [0.29, 0.717) is 13.4 Å². The quantitative estimate of drug-likeness (QED) is 0.587. The second-order valence-corrected chi connectivity index (χ2v) is 4.70. The SMILES string of the molecule is CCCNCc1c(OCOCC)ccc2ccccc12. The van der Waals surface area contributed by atoms with Gasteiger partial charge in [0, 0.05) is 18.7 Å². The van der Waals surface area contributed by atoms with Crippen molar-refractivity contribution in [2.45, 2.75) is 26.8 Å². The zero-order valence-corrected chi connectivity index (χ0v) is 12.3. The molecule has 0 saturated carbocycles. The first kappa shape index (κ1) is 14.8. The Morgan fingerprint density at radius 2 is 1.90 bits per heavy atom. The van der Waals surface area contributed by atoms with Crippen LogP contribution in [-0.4, -0.2) is 19.9 Å². The fourth-order valence-corrected chi connectivity index (χ4v) is 2.21. The lowest BCUT2D eigenvalue weighted by atomic mass is 10.0. The van der Waals surface area contributed by atoms with Crippen LogP contribution in [0.2, 0.25) is 0 Å². The van der Waals surface area contributed by atoms with Gasteiger partial charge in [0.15, 0.2) is 6.79 Å². The van der Waals surface area contributed by atoms with E-state index in [-0.39, 0.29) is 0 Å². The molecule has 0 radical (unpaired) electrons. The van der Waals surface area contributed by atoms with Crippen molar-refractivity contribution in [2.24, 2.45) is 0 Å². The van der Waals surface area contributed by atoms with E-state index in [9.17, 15) is 0 Å². The van der Waals surface area contributed by atoms with E-state index >= 15 is 0 Å². The molecule has 0 aromatic heterocycles. The van der Waals surface area contributed by atoms with Crippen LogP contribution < -0.4 is 10.1 Å². The van der Waals surface area contributed by atoms with Gasteiger partial charge in [0.1, 0.15) is 5.75 Å². The zero-order chi connectivity index (χ0) is 14.2. The Balaban J connectivity index is 2.26. The van der Waals surface area contributed by atoms with Gasteiger partial charge >= 0.3 is 0 Å². The lowest BCUT2D eigenvalue weighted by Crippen LogP contribution is -2.15. The van der Waals surface area contributed by atoms with E-state index in [4.69, 9.17) is 9.47 Å². The van der Waals surface area contributed by atoms with E-state index in [1.807, 2.05) is 13.0 Å². The summed E-state index contributed by atoms with van der Waals surface area (Å²) in [7, 11) is 0. The lowest BCUT2D eigenvalue weighted by Gasteiger charge is -2.14. The van der Waals surface area contributed by atoms with Crippen LogP contribution in [0, 0.1) is 0 Å². The van der Waals surface area contributed by atoms with Crippen LogP contribution in [0.3, 0.4) is 0 Å². The van der Waals surface area contributed by atoms with Crippen molar-refractivity contribution in [1.29, 1.82) is 0 Å². The molecule has 0 spiro atoms. The van der Waals surface area contributed by atoms with Crippen molar-refractivity contribution in [3.05, 3.63) is 42.0 Å². The molecule has 3 nitrogen and oxygen atoms in total. The molecule has 2 aromatic carbocycles. The summed E-state index contributed by atoms with van der Waals surface area (Å²) in [5.74, 6) is 0.903. The van der Waals surface area contributed by atoms with Gasteiger partial charge in [-0.2, -0.15) is 0 Å². The molecule has 3 heteroatoms. The van der Waals surface area contributed by atoms with Gasteiger partial charge in [-0.05, 0) is 36.7 Å². The van der Waals surface area contributed by atoms with Crippen LogP contribution in [0.4, 0.5) is 0 Å². The number of benzene rings is 2. The molecule has 0 unspecified atom stereocenters. The first-order valence-electron chi connectivity index (χ1n) is 7.28. The molecule has 0 atom stereocenters. The van der Waals surface area contributed by atoms with Crippen LogP contribution in [0.15, 0.2) is 36.4 Å². The average Bonchev–Trinajstić information content (AvgIpc) is 2.49. The number of fused-ring (bicyclic) bond motifs is 1. The van der Waals surface area contributed by atoms with Crippen molar-refractivity contribution < 1.29 is 9.47 Å². The van der Waals surface area contributed by atoms with Gasteiger partial charge in [-0.15, -0.1) is 0 Å². The highest BCUT2D eigenvalue weighted by Gasteiger charge is 2.08. The molecule has 108 valence electrons. The third kappa shape index (κ3) is 3.71. The van der Waals surface area contributed by atoms with E-state index in [0.717, 1.165) is 25.3 Å². The maximum Gasteiger partial charge on any atom is 0.189 e. The molecule has 0 saturated heterocycles. The summed E-state index contributed by atoms with van der Waals surface area (Å²) in [6.07, 6.45) is 1.12. The minimum atomic E-state index is 0.301. The Hall–Kier alpha value is -1.58. The van der Waals surface area contributed by atoms with Gasteiger partial charge in [-0.3, -0.25) is 0 Å². The summed E-state index contributed by atoms with van der Waals surface area (Å²) in [5, 5.41) is 5.93. The third-order valence-corrected chi connectivity index (χ3v) is 3.23. The Morgan fingerprint density at radius 3 is 2.70 bits per heavy atom. The van der Waals surface area contributed by atoms with Crippen LogP contribution in [0.1, 0.15) is 25.8 Å². The molecule has 1 N–H and O–H groups in total. The lowest BCUT2D eigenvalue weighted by molar-refractivity contribution is 0.0219. The number of rotatable bonds is 8. The molecule has 0 amide bonds. The van der Waals surface area contributed by atoms with Crippen molar-refractivity contribution in [2.75, 3.05) is 19.9 Å². The van der Waals surface area contributed by atoms with Crippen molar-refractivity contribution in [1.82, 2.24) is 5.32 Å². The van der Waals surface area contributed by atoms with Crippen molar-refractivity contribution in [3.8, 4) is 5.75 Å². The highest BCUT2D eigenvalue weighted by molar-refractivity contribution is 5.87. The van der Waals surface area contributed by atoms with E-state index in [2.05, 4.69) is 42.6 Å². The molecule has 0 aliphatic rings. The Bertz CT molecular complexity index is 540. The number of ether oxygens (including phenoxy) is 2. The average molecular weight is 273 g/mol. The molecule has 0 aliphatic heterocycles. The fraction of sp³-hybridized carbons (Fsp3) is 0.412. The zero-order valence-electron chi connectivity index (χ0n) is 12.3. The molecule has 0 aliphatic carbocycles. The predicted octanol–water partition coefficient (Wildman–Crippen LogP) is 3.71. The maximum atomic E-state index is 5.75. The normalized spacial score (nSPS) is 10.9. The highest BCUT2D eigenvalue weighted by Crippen LogP contribution is 2.28. The largest absolute Gasteiger partial charge is 0.467 e. The molecule has 0 fully saturated rings. The summed E-state index contributed by atoms with van der Waals surface area (Å²) in [5.41, 5.74) is 1.20. The van der Waals surface area contributed by atoms with E-state index in [1.165, 1.54) is 16.3 Å². The molecular weight excluding hydrogens is 250 g/mol. The summed E-state index contributed by atoms with van der Waals surface area (Å²) in [6, 6.07) is 12.5. The van der Waals surface area contributed by atoms with Gasteiger partial charge in [-0.25, -0.2) is 0 Å². The number of hydrogen-bond donors (Lipinski definition) is 1. The Labute approximate surface area is 120 Å². The van der Waals surface area contributed by atoms with Crippen LogP contribution in [0.25, 0.3) is 10.8 Å².